The lowest BCUT2D eigenvalue weighted by Gasteiger charge is -2.31. The quantitative estimate of drug-likeness (QED) is 0.229. The Morgan fingerprint density at radius 3 is 2.19 bits per heavy atom. The minimum Gasteiger partial charge on any atom is -0.358 e. The molecule has 2 saturated heterocycles. The zero-order valence-electron chi connectivity index (χ0n) is 16.1. The fourth-order valence-electron chi connectivity index (χ4n) is 3.09. The van der Waals surface area contributed by atoms with Gasteiger partial charge in [0.15, 0.2) is 5.11 Å². The fraction of sp³-hybridized carbons (Fsp3) is 0.588. The van der Waals surface area contributed by atoms with Gasteiger partial charge in [-0.2, -0.15) is 15.3 Å². The second kappa shape index (κ2) is 10.4. The van der Waals surface area contributed by atoms with E-state index in [0.717, 1.165) is 12.8 Å². The summed E-state index contributed by atoms with van der Waals surface area (Å²) in [5.41, 5.74) is 11.0. The third-order valence-corrected chi connectivity index (χ3v) is 5.24. The van der Waals surface area contributed by atoms with Crippen molar-refractivity contribution in [1.82, 2.24) is 26.5 Å². The Morgan fingerprint density at radius 2 is 1.63 bits per heavy atom. The second-order valence-electron chi connectivity index (χ2n) is 6.69. The van der Waals surface area contributed by atoms with Crippen LogP contribution < -0.4 is 21.6 Å². The standard InChI is InChI=1S/C17H28N8S2/c1-5-8-18-16(26)22-19-11(2)12(3)20-23-17(27)24-21-13-9-14-6-7-15(10-13)25(14)4/h5,14-15H,1,6-10H2,2-4H3,(H2,18,22,26)(H2,23,24,27)/b19-11+,20-12+,21-13?. The summed E-state index contributed by atoms with van der Waals surface area (Å²) in [6.07, 6.45) is 6.23. The Balaban J connectivity index is 1.77. The molecule has 10 heteroatoms. The Morgan fingerprint density at radius 1 is 1.07 bits per heavy atom. The third-order valence-electron chi connectivity index (χ3n) is 4.82. The van der Waals surface area contributed by atoms with Crippen molar-refractivity contribution in [3.8, 4) is 0 Å². The lowest BCUT2D eigenvalue weighted by atomic mass is 10.0. The van der Waals surface area contributed by atoms with Crippen molar-refractivity contribution in [2.45, 2.75) is 51.6 Å². The van der Waals surface area contributed by atoms with Crippen LogP contribution in [-0.2, 0) is 0 Å². The molecular weight excluding hydrogens is 380 g/mol. The van der Waals surface area contributed by atoms with E-state index in [1.165, 1.54) is 18.6 Å². The molecule has 0 saturated carbocycles. The Hall–Kier alpha value is -1.91. The molecule has 2 rings (SSSR count). The fourth-order valence-corrected chi connectivity index (χ4v) is 3.31. The van der Waals surface area contributed by atoms with Gasteiger partial charge in [0.1, 0.15) is 0 Å². The highest BCUT2D eigenvalue weighted by Crippen LogP contribution is 2.32. The zero-order valence-corrected chi connectivity index (χ0v) is 17.7. The summed E-state index contributed by atoms with van der Waals surface area (Å²) in [6.45, 7) is 7.85. The highest BCUT2D eigenvalue weighted by molar-refractivity contribution is 7.80. The van der Waals surface area contributed by atoms with Crippen LogP contribution >= 0.6 is 24.4 Å². The summed E-state index contributed by atoms with van der Waals surface area (Å²) in [5.74, 6) is 0. The number of rotatable bonds is 6. The van der Waals surface area contributed by atoms with Crippen LogP contribution in [0.4, 0.5) is 0 Å². The summed E-state index contributed by atoms with van der Waals surface area (Å²) in [6, 6.07) is 1.23. The zero-order chi connectivity index (χ0) is 19.8. The van der Waals surface area contributed by atoms with E-state index in [2.05, 4.69) is 55.4 Å². The molecule has 8 nitrogen and oxygen atoms in total. The summed E-state index contributed by atoms with van der Waals surface area (Å²) in [5, 5.41) is 16.6. The monoisotopic (exact) mass is 408 g/mol. The lowest BCUT2D eigenvalue weighted by Crippen LogP contribution is -2.41. The molecule has 0 spiro atoms. The molecule has 2 aliphatic heterocycles. The summed E-state index contributed by atoms with van der Waals surface area (Å²) in [7, 11) is 2.21. The molecule has 2 heterocycles. The van der Waals surface area contributed by atoms with E-state index in [9.17, 15) is 0 Å². The van der Waals surface area contributed by atoms with E-state index in [-0.39, 0.29) is 0 Å². The largest absolute Gasteiger partial charge is 0.358 e. The molecule has 148 valence electrons. The predicted molar refractivity (Wildman–Crippen MR) is 120 cm³/mol. The van der Waals surface area contributed by atoms with Gasteiger partial charge in [0.25, 0.3) is 0 Å². The van der Waals surface area contributed by atoms with Gasteiger partial charge < -0.3 is 5.32 Å². The summed E-state index contributed by atoms with van der Waals surface area (Å²) in [4.78, 5) is 2.47. The van der Waals surface area contributed by atoms with Crippen LogP contribution in [0.1, 0.15) is 39.5 Å². The molecule has 0 aromatic heterocycles. The number of thiocarbonyl (C=S) groups is 2. The molecular formula is C17H28N8S2. The van der Waals surface area contributed by atoms with Crippen LogP contribution in [-0.4, -0.2) is 57.9 Å². The number of hydrazone groups is 3. The van der Waals surface area contributed by atoms with Gasteiger partial charge in [-0.05, 0) is 58.2 Å². The van der Waals surface area contributed by atoms with Crippen LogP contribution in [0.5, 0.6) is 0 Å². The average molecular weight is 409 g/mol. The maximum atomic E-state index is 5.24. The molecule has 0 radical (unpaired) electrons. The van der Waals surface area contributed by atoms with E-state index < -0.39 is 0 Å². The van der Waals surface area contributed by atoms with Crippen molar-refractivity contribution in [3.05, 3.63) is 12.7 Å². The highest BCUT2D eigenvalue weighted by Gasteiger charge is 2.36. The minimum absolute atomic E-state index is 0.358. The van der Waals surface area contributed by atoms with Crippen LogP contribution in [0.15, 0.2) is 28.0 Å². The first kappa shape index (κ1) is 21.4. The molecule has 2 bridgehead atoms. The summed E-state index contributed by atoms with van der Waals surface area (Å²) < 4.78 is 0. The van der Waals surface area contributed by atoms with E-state index in [1.54, 1.807) is 6.08 Å². The molecule has 2 unspecified atom stereocenters. The van der Waals surface area contributed by atoms with E-state index in [1.807, 2.05) is 13.8 Å². The predicted octanol–water partition coefficient (Wildman–Crippen LogP) is 1.47. The van der Waals surface area contributed by atoms with Gasteiger partial charge in [-0.25, -0.2) is 0 Å². The maximum Gasteiger partial charge on any atom is 0.207 e. The van der Waals surface area contributed by atoms with Crippen molar-refractivity contribution >= 4 is 51.8 Å². The van der Waals surface area contributed by atoms with Gasteiger partial charge in [0.05, 0.1) is 11.4 Å². The Bertz CT molecular complexity index is 654. The van der Waals surface area contributed by atoms with E-state index >= 15 is 0 Å². The first-order valence-electron chi connectivity index (χ1n) is 8.97. The number of piperidine rings is 1. The molecule has 2 aliphatic rings. The molecule has 0 aliphatic carbocycles. The molecule has 2 atom stereocenters. The number of nitrogens with zero attached hydrogens (tertiary/aromatic N) is 4. The molecule has 4 N–H and O–H groups in total. The number of nitrogens with one attached hydrogen (secondary N) is 4. The van der Waals surface area contributed by atoms with Crippen molar-refractivity contribution < 1.29 is 0 Å². The third kappa shape index (κ3) is 6.64. The maximum absolute atomic E-state index is 5.24. The topological polar surface area (TPSA) is 88.4 Å². The van der Waals surface area contributed by atoms with Gasteiger partial charge in [-0.1, -0.05) is 6.08 Å². The first-order chi connectivity index (χ1) is 12.9. The minimum atomic E-state index is 0.358. The van der Waals surface area contributed by atoms with Crippen LogP contribution in [0.2, 0.25) is 0 Å². The number of hydrogen-bond acceptors (Lipinski definition) is 6. The van der Waals surface area contributed by atoms with Crippen molar-refractivity contribution in [1.29, 1.82) is 0 Å². The van der Waals surface area contributed by atoms with E-state index in [4.69, 9.17) is 24.4 Å². The second-order valence-corrected chi connectivity index (χ2v) is 7.51. The SMILES string of the molecule is C=CCNC(=S)N/N=C(C)/C(C)=N/NC(=S)NN=C1CC2CCC(C1)N2C. The average Bonchev–Trinajstić information content (AvgIpc) is 2.87. The molecule has 0 amide bonds. The lowest BCUT2D eigenvalue weighted by molar-refractivity contribution is 0.231. The molecule has 2 fully saturated rings. The first-order valence-corrected chi connectivity index (χ1v) is 9.79. The van der Waals surface area contributed by atoms with Gasteiger partial charge in [-0.3, -0.25) is 21.2 Å². The van der Waals surface area contributed by atoms with Gasteiger partial charge in [0.2, 0.25) is 5.11 Å². The van der Waals surface area contributed by atoms with Crippen LogP contribution in [0, 0.1) is 0 Å². The van der Waals surface area contributed by atoms with Gasteiger partial charge in [-0.15, -0.1) is 6.58 Å². The van der Waals surface area contributed by atoms with Crippen molar-refractivity contribution in [2.75, 3.05) is 13.6 Å². The van der Waals surface area contributed by atoms with Crippen LogP contribution in [0.25, 0.3) is 0 Å². The Labute approximate surface area is 171 Å². The van der Waals surface area contributed by atoms with E-state index in [0.29, 0.717) is 40.3 Å². The molecule has 27 heavy (non-hydrogen) atoms. The normalized spacial score (nSPS) is 22.9. The van der Waals surface area contributed by atoms with Crippen molar-refractivity contribution in [2.24, 2.45) is 15.3 Å². The Kier molecular flexibility index (Phi) is 8.26. The van der Waals surface area contributed by atoms with Crippen molar-refractivity contribution in [3.63, 3.8) is 0 Å². The molecule has 0 aromatic rings. The molecule has 0 aromatic carbocycles. The smallest absolute Gasteiger partial charge is 0.207 e. The number of hydrogen-bond donors (Lipinski definition) is 4. The van der Waals surface area contributed by atoms with Crippen LogP contribution in [0.3, 0.4) is 0 Å². The highest BCUT2D eigenvalue weighted by atomic mass is 32.1. The van der Waals surface area contributed by atoms with Gasteiger partial charge >= 0.3 is 0 Å². The number of fused-ring (bicyclic) bond motifs is 2. The summed E-state index contributed by atoms with van der Waals surface area (Å²) >= 11 is 10.3. The van der Waals surface area contributed by atoms with Gasteiger partial charge in [0, 0.05) is 37.2 Å².